The number of rotatable bonds is 25. The van der Waals surface area contributed by atoms with Gasteiger partial charge in [0.25, 0.3) is 11.8 Å². The summed E-state index contributed by atoms with van der Waals surface area (Å²) < 4.78 is 92.5. The fraction of sp³-hybridized carbons (Fsp3) is 0.400. The lowest BCUT2D eigenvalue weighted by Gasteiger charge is -2.34. The van der Waals surface area contributed by atoms with Gasteiger partial charge in [-0.15, -0.1) is 8.78 Å². The molecule has 3 N–H and O–H groups in total. The van der Waals surface area contributed by atoms with E-state index in [1.165, 1.54) is 49.6 Å². The van der Waals surface area contributed by atoms with Crippen LogP contribution in [0, 0.1) is 0 Å². The third-order valence-corrected chi connectivity index (χ3v) is 13.8. The number of aliphatic imine (C=N–C) groups is 1. The van der Waals surface area contributed by atoms with E-state index in [0.29, 0.717) is 65.1 Å². The Morgan fingerprint density at radius 1 is 0.935 bits per heavy atom. The molecule has 0 spiro atoms. The van der Waals surface area contributed by atoms with Gasteiger partial charge in [-0.25, -0.2) is 8.42 Å². The van der Waals surface area contributed by atoms with Crippen molar-refractivity contribution in [2.75, 3.05) is 108 Å². The minimum absolute atomic E-state index is 0.00398. The van der Waals surface area contributed by atoms with E-state index in [1.807, 2.05) is 4.90 Å². The fourth-order valence-corrected chi connectivity index (χ4v) is 9.60. The Labute approximate surface area is 446 Å². The molecule has 27 heteroatoms. The van der Waals surface area contributed by atoms with Gasteiger partial charge in [-0.3, -0.25) is 39.3 Å². The van der Waals surface area contributed by atoms with Crippen molar-refractivity contribution in [3.63, 3.8) is 0 Å². The van der Waals surface area contributed by atoms with Crippen LogP contribution in [0.1, 0.15) is 52.1 Å². The van der Waals surface area contributed by atoms with Gasteiger partial charge in [0.05, 0.1) is 90.9 Å². The normalized spacial score (nSPS) is 18.0. The topological polar surface area (TPSA) is 264 Å². The number of methoxy groups -OCH3 is 1. The van der Waals surface area contributed by atoms with E-state index in [2.05, 4.69) is 47.5 Å². The van der Waals surface area contributed by atoms with Crippen molar-refractivity contribution in [1.82, 2.24) is 30.1 Å². The monoisotopic (exact) mass is 1110 g/mol. The number of fused-ring (bicyclic) bond motifs is 2. The lowest BCUT2D eigenvalue weighted by atomic mass is 10.0. The number of hydrogen-bond donors (Lipinski definition) is 3. The van der Waals surface area contributed by atoms with Crippen LogP contribution in [-0.4, -0.2) is 168 Å². The highest BCUT2D eigenvalue weighted by atomic mass is 35.5. The molecule has 4 amide bonds. The maximum atomic E-state index is 14.4. The molecule has 0 bridgehead atoms. The number of nitrogens with zero attached hydrogens (tertiary/aromatic N) is 7. The first-order chi connectivity index (χ1) is 37.0. The number of imide groups is 2. The Bertz CT molecular complexity index is 3070. The molecule has 0 aliphatic carbocycles. The summed E-state index contributed by atoms with van der Waals surface area (Å²) in [4.78, 5) is 73.1. The number of para-hydroxylation sites is 1. The SMILES string of the molecule is C=N/C(=C(Cl)\C=C/C)[C@@H](Nc1ccc(S(C)(=O)=O)cc1Nc1nc(OC)nc(N2CCN(CCOCCOCCOCCOc3cccc4c3C(=O)N(C3CCC(=O)NC3=O)C4=O)CC2)n1)c1cccc2c1OC(F)(F)O2. The van der Waals surface area contributed by atoms with Gasteiger partial charge in [0, 0.05) is 51.0 Å². The summed E-state index contributed by atoms with van der Waals surface area (Å²) in [5.41, 5.74) is 0.898. The summed E-state index contributed by atoms with van der Waals surface area (Å²) in [7, 11) is -2.35. The predicted molar refractivity (Wildman–Crippen MR) is 275 cm³/mol. The zero-order valence-corrected chi connectivity index (χ0v) is 43.7. The number of nitrogens with one attached hydrogen (secondary N) is 3. The van der Waals surface area contributed by atoms with Crippen LogP contribution in [0.5, 0.6) is 23.3 Å². The number of amides is 4. The summed E-state index contributed by atoms with van der Waals surface area (Å²) in [5, 5.41) is 8.67. The second kappa shape index (κ2) is 24.8. The number of hydrogen-bond acceptors (Lipinski definition) is 21. The number of allylic oxidation sites excluding steroid dienone is 3. The van der Waals surface area contributed by atoms with Gasteiger partial charge in [0.2, 0.25) is 23.7 Å². The smallest absolute Gasteiger partial charge is 0.490 e. The molecular formula is C50H55ClF2N10O13S. The van der Waals surface area contributed by atoms with Crippen LogP contribution in [0.15, 0.2) is 87.4 Å². The third-order valence-electron chi connectivity index (χ3n) is 12.4. The summed E-state index contributed by atoms with van der Waals surface area (Å²) in [6, 6.07) is 11.0. The van der Waals surface area contributed by atoms with E-state index in [-0.39, 0.29) is 106 Å². The number of piperazine rings is 1. The summed E-state index contributed by atoms with van der Waals surface area (Å²) in [5.74, 6) is -2.41. The van der Waals surface area contributed by atoms with E-state index in [9.17, 15) is 36.4 Å². The lowest BCUT2D eigenvalue weighted by molar-refractivity contribution is -0.287. The third kappa shape index (κ3) is 13.4. The van der Waals surface area contributed by atoms with Crippen molar-refractivity contribution in [3.05, 3.63) is 94.2 Å². The second-order valence-corrected chi connectivity index (χ2v) is 19.9. The number of halogens is 3. The van der Waals surface area contributed by atoms with Crippen LogP contribution < -0.4 is 39.8 Å². The number of aromatic nitrogens is 3. The molecule has 2 atom stereocenters. The van der Waals surface area contributed by atoms with Gasteiger partial charge in [0.15, 0.2) is 21.3 Å². The molecule has 77 heavy (non-hydrogen) atoms. The highest BCUT2D eigenvalue weighted by Gasteiger charge is 2.47. The van der Waals surface area contributed by atoms with Gasteiger partial charge in [0.1, 0.15) is 18.4 Å². The number of benzene rings is 3. The first-order valence-electron chi connectivity index (χ1n) is 24.2. The van der Waals surface area contributed by atoms with E-state index >= 15 is 0 Å². The number of alkyl halides is 2. The number of carbonyl (C=O) groups is 4. The van der Waals surface area contributed by atoms with Crippen LogP contribution in [0.25, 0.3) is 0 Å². The van der Waals surface area contributed by atoms with E-state index in [1.54, 1.807) is 31.2 Å². The number of sulfone groups is 1. The summed E-state index contributed by atoms with van der Waals surface area (Å²) >= 11 is 6.68. The Morgan fingerprint density at radius 2 is 1.65 bits per heavy atom. The molecule has 8 rings (SSSR count). The number of carbonyl (C=O) groups excluding carboxylic acids is 4. The minimum Gasteiger partial charge on any atom is -0.490 e. The second-order valence-electron chi connectivity index (χ2n) is 17.5. The van der Waals surface area contributed by atoms with Gasteiger partial charge in [-0.1, -0.05) is 35.9 Å². The molecular weight excluding hydrogens is 1050 g/mol. The van der Waals surface area contributed by atoms with Gasteiger partial charge < -0.3 is 48.7 Å². The summed E-state index contributed by atoms with van der Waals surface area (Å²) in [6.45, 7) is 10.4. The van der Waals surface area contributed by atoms with E-state index in [4.69, 9.17) is 44.8 Å². The molecule has 4 aliphatic heterocycles. The molecule has 1 unspecified atom stereocenters. The van der Waals surface area contributed by atoms with Crippen LogP contribution in [-0.2, 0) is 33.6 Å². The zero-order chi connectivity index (χ0) is 54.9. The largest absolute Gasteiger partial charge is 0.586 e. The van der Waals surface area contributed by atoms with Crippen molar-refractivity contribution in [2.45, 2.75) is 43.0 Å². The molecule has 4 aliphatic rings. The Kier molecular flexibility index (Phi) is 18.0. The molecule has 5 heterocycles. The van der Waals surface area contributed by atoms with E-state index < -0.39 is 51.8 Å². The maximum absolute atomic E-state index is 14.4. The predicted octanol–water partition coefficient (Wildman–Crippen LogP) is 4.88. The van der Waals surface area contributed by atoms with Crippen molar-refractivity contribution in [3.8, 4) is 23.3 Å². The van der Waals surface area contributed by atoms with Gasteiger partial charge in [-0.05, 0) is 62.5 Å². The molecule has 2 saturated heterocycles. The minimum atomic E-state index is -3.94. The van der Waals surface area contributed by atoms with Gasteiger partial charge >= 0.3 is 12.3 Å². The molecule has 0 radical (unpaired) electrons. The number of ether oxygens (including phenoxy) is 7. The van der Waals surface area contributed by atoms with Crippen LogP contribution in [0.3, 0.4) is 0 Å². The zero-order valence-electron chi connectivity index (χ0n) is 42.1. The lowest BCUT2D eigenvalue weighted by Crippen LogP contribution is -2.54. The maximum Gasteiger partial charge on any atom is 0.586 e. The Morgan fingerprint density at radius 3 is 2.34 bits per heavy atom. The van der Waals surface area contributed by atoms with Crippen LogP contribution >= 0.6 is 11.6 Å². The summed E-state index contributed by atoms with van der Waals surface area (Å²) in [6.07, 6.45) is 0.390. The Hall–Kier alpha value is -7.36. The number of anilines is 4. The van der Waals surface area contributed by atoms with Crippen LogP contribution in [0.2, 0.25) is 0 Å². The standard InChI is InChI=1S/C50H55ClF2N10O13S/c1-5-8-33(51)42(54-2)41(32-10-7-12-38-43(32)76-50(52,53)75-38)55-34-14-13-30(77(4,68)69)29-35(34)56-47-58-48(60-49(59-47)70-3)62-19-17-61(18-20-62)21-22-71-23-24-72-25-26-73-27-28-74-37-11-6-9-31-40(37)46(67)63(45(31)66)36-15-16-39(64)57-44(36)65/h5-14,29,36,41,55H,2,15-28H2,1,3-4H3,(H,57,64,65)(H,56,58,59,60)/b8-5-,42-33+/t36?,41-/m0/s1. The Balaban J connectivity index is 0.796. The molecule has 0 saturated carbocycles. The van der Waals surface area contributed by atoms with Crippen molar-refractivity contribution < 1.29 is 69.5 Å². The highest BCUT2D eigenvalue weighted by Crippen LogP contribution is 2.48. The average molecular weight is 1110 g/mol. The molecule has 410 valence electrons. The van der Waals surface area contributed by atoms with E-state index in [0.717, 1.165) is 11.2 Å². The van der Waals surface area contributed by atoms with Crippen molar-refractivity contribution >= 4 is 75.1 Å². The molecule has 4 aromatic rings. The first-order valence-corrected chi connectivity index (χ1v) is 26.5. The number of piperidine rings is 1. The van der Waals surface area contributed by atoms with Crippen LogP contribution in [0.4, 0.5) is 32.1 Å². The fourth-order valence-electron chi connectivity index (χ4n) is 8.66. The van der Waals surface area contributed by atoms with Gasteiger partial charge in [-0.2, -0.15) is 15.0 Å². The average Bonchev–Trinajstić information content (AvgIpc) is 3.89. The quantitative estimate of drug-likeness (QED) is 0.0345. The van der Waals surface area contributed by atoms with Crippen molar-refractivity contribution in [2.24, 2.45) is 4.99 Å². The highest BCUT2D eigenvalue weighted by molar-refractivity contribution is 7.90. The molecule has 2 fully saturated rings. The molecule has 3 aromatic carbocycles. The van der Waals surface area contributed by atoms with Crippen molar-refractivity contribution in [1.29, 1.82) is 0 Å². The molecule has 1 aromatic heterocycles. The first kappa shape index (κ1) is 55.9. The molecule has 23 nitrogen and oxygen atoms in total.